The van der Waals surface area contributed by atoms with Gasteiger partial charge in [0, 0.05) is 26.2 Å². The maximum Gasteiger partial charge on any atom is 0.242 e. The van der Waals surface area contributed by atoms with Crippen LogP contribution in [0.15, 0.2) is 23.2 Å². The average Bonchev–Trinajstić information content (AvgIpc) is 2.53. The predicted molar refractivity (Wildman–Crippen MR) is 118 cm³/mol. The van der Waals surface area contributed by atoms with E-state index in [4.69, 9.17) is 4.74 Å². The van der Waals surface area contributed by atoms with Crippen molar-refractivity contribution in [2.75, 3.05) is 27.2 Å². The first kappa shape index (κ1) is 23.3. The summed E-state index contributed by atoms with van der Waals surface area (Å²) in [5.41, 5.74) is 0.621. The number of nitrogens with one attached hydrogen (secondary N) is 1. The van der Waals surface area contributed by atoms with Crippen LogP contribution in [-0.2, 0) is 11.3 Å². The number of methoxy groups -OCH3 is 1. The van der Waals surface area contributed by atoms with Gasteiger partial charge >= 0.3 is 0 Å². The molecule has 0 aliphatic carbocycles. The molecule has 1 aliphatic heterocycles. The lowest BCUT2D eigenvalue weighted by Gasteiger charge is -2.49. The van der Waals surface area contributed by atoms with Crippen molar-refractivity contribution in [2.24, 2.45) is 4.99 Å². The van der Waals surface area contributed by atoms with Crippen molar-refractivity contribution in [3.63, 3.8) is 0 Å². The summed E-state index contributed by atoms with van der Waals surface area (Å²) >= 11 is 0. The largest absolute Gasteiger partial charge is 0.504 e. The second kappa shape index (κ2) is 9.48. The van der Waals surface area contributed by atoms with Crippen molar-refractivity contribution in [1.29, 1.82) is 0 Å². The summed E-state index contributed by atoms with van der Waals surface area (Å²) in [4.78, 5) is 20.9. The lowest BCUT2D eigenvalue weighted by atomic mass is 9.96. The molecule has 1 aliphatic rings. The molecule has 0 radical (unpaired) electrons. The maximum absolute atomic E-state index is 12.6. The fourth-order valence-electron chi connectivity index (χ4n) is 3.67. The zero-order valence-corrected chi connectivity index (χ0v) is 19.3. The minimum Gasteiger partial charge on any atom is -0.504 e. The summed E-state index contributed by atoms with van der Waals surface area (Å²) in [5.74, 6) is 1.31. The molecule has 0 bridgehead atoms. The molecule has 2 N–H and O–H groups in total. The first-order valence-electron chi connectivity index (χ1n) is 8.83. The van der Waals surface area contributed by atoms with Crippen LogP contribution in [0.4, 0.5) is 0 Å². The number of phenols is 1. The fraction of sp³-hybridized carbons (Fsp3) is 0.579. The van der Waals surface area contributed by atoms with Gasteiger partial charge in [-0.3, -0.25) is 9.79 Å². The second-order valence-corrected chi connectivity index (χ2v) is 7.43. The van der Waals surface area contributed by atoms with Gasteiger partial charge in [-0.25, -0.2) is 0 Å². The van der Waals surface area contributed by atoms with Gasteiger partial charge < -0.3 is 25.0 Å². The molecule has 1 fully saturated rings. The van der Waals surface area contributed by atoms with E-state index in [1.54, 1.807) is 19.2 Å². The Morgan fingerprint density at radius 2 is 2.07 bits per heavy atom. The van der Waals surface area contributed by atoms with Crippen molar-refractivity contribution in [2.45, 2.75) is 45.8 Å². The minimum absolute atomic E-state index is 0. The molecule has 1 aromatic carbocycles. The van der Waals surface area contributed by atoms with Gasteiger partial charge in [0.2, 0.25) is 5.91 Å². The number of carbonyl (C=O) groups is 1. The van der Waals surface area contributed by atoms with Crippen LogP contribution < -0.4 is 10.1 Å². The summed E-state index contributed by atoms with van der Waals surface area (Å²) in [6, 6.07) is 5.43. The molecular weight excluding hydrogens is 459 g/mol. The number of hydrogen-bond acceptors (Lipinski definition) is 4. The van der Waals surface area contributed by atoms with Gasteiger partial charge in [-0.15, -0.1) is 24.0 Å². The van der Waals surface area contributed by atoms with Crippen LogP contribution in [-0.4, -0.2) is 65.6 Å². The van der Waals surface area contributed by atoms with Gasteiger partial charge in [0.1, 0.15) is 0 Å². The summed E-state index contributed by atoms with van der Waals surface area (Å²) in [7, 11) is 3.23. The number of benzene rings is 1. The second-order valence-electron chi connectivity index (χ2n) is 7.43. The lowest BCUT2D eigenvalue weighted by molar-refractivity contribution is -0.145. The number of aliphatic imine (C=N–C) groups is 1. The molecule has 8 heteroatoms. The molecule has 0 saturated carbocycles. The van der Waals surface area contributed by atoms with Crippen LogP contribution in [0.5, 0.6) is 11.5 Å². The van der Waals surface area contributed by atoms with Crippen LogP contribution in [0.2, 0.25) is 0 Å². The van der Waals surface area contributed by atoms with E-state index in [1.807, 2.05) is 29.7 Å². The normalized spacial score (nSPS) is 17.0. The minimum atomic E-state index is -0.278. The monoisotopic (exact) mass is 490 g/mol. The highest BCUT2D eigenvalue weighted by Gasteiger charge is 2.40. The van der Waals surface area contributed by atoms with Crippen LogP contribution in [0.3, 0.4) is 0 Å². The molecule has 2 rings (SSSR count). The molecule has 0 aromatic heterocycles. The van der Waals surface area contributed by atoms with Gasteiger partial charge in [-0.1, -0.05) is 6.07 Å². The molecule has 27 heavy (non-hydrogen) atoms. The molecule has 152 valence electrons. The van der Waals surface area contributed by atoms with Crippen LogP contribution in [0, 0.1) is 0 Å². The number of rotatable bonds is 4. The fourth-order valence-corrected chi connectivity index (χ4v) is 3.67. The summed E-state index contributed by atoms with van der Waals surface area (Å²) < 4.78 is 5.06. The Morgan fingerprint density at radius 1 is 1.41 bits per heavy atom. The number of amides is 1. The van der Waals surface area contributed by atoms with E-state index in [0.29, 0.717) is 31.3 Å². The molecule has 1 saturated heterocycles. The van der Waals surface area contributed by atoms with E-state index in [9.17, 15) is 9.90 Å². The smallest absolute Gasteiger partial charge is 0.242 e. The number of ether oxygens (including phenoxy) is 1. The standard InChI is InChI=1S/C19H30N4O3.HI/c1-13(2)23-17(25)11-22(12-19(23,3)4)18(20-5)21-10-14-7-8-16(26-6)15(24)9-14;/h7-9,13,24H,10-12H2,1-6H3,(H,20,21);1H. The third-order valence-electron chi connectivity index (χ3n) is 4.55. The molecule has 1 amide bonds. The Balaban J connectivity index is 0.00000364. The summed E-state index contributed by atoms with van der Waals surface area (Å²) in [6.45, 7) is 9.72. The van der Waals surface area contributed by atoms with Gasteiger partial charge in [0.05, 0.1) is 19.2 Å². The lowest BCUT2D eigenvalue weighted by Crippen LogP contribution is -2.66. The highest BCUT2D eigenvalue weighted by Crippen LogP contribution is 2.27. The number of nitrogens with zero attached hydrogens (tertiary/aromatic N) is 3. The quantitative estimate of drug-likeness (QED) is 0.385. The Labute approximate surface area is 178 Å². The van der Waals surface area contributed by atoms with E-state index < -0.39 is 0 Å². The van der Waals surface area contributed by atoms with E-state index in [0.717, 1.165) is 5.56 Å². The Kier molecular flexibility index (Phi) is 8.19. The van der Waals surface area contributed by atoms with E-state index in [2.05, 4.69) is 24.2 Å². The summed E-state index contributed by atoms with van der Waals surface area (Å²) in [6.07, 6.45) is 0. The van der Waals surface area contributed by atoms with Gasteiger partial charge in [0.25, 0.3) is 0 Å². The Morgan fingerprint density at radius 3 is 2.56 bits per heavy atom. The van der Waals surface area contributed by atoms with Gasteiger partial charge in [-0.05, 0) is 45.4 Å². The molecule has 0 unspecified atom stereocenters. The maximum atomic E-state index is 12.6. The number of carbonyl (C=O) groups excluding carboxylic acids is 1. The van der Waals surface area contributed by atoms with Crippen molar-refractivity contribution in [3.05, 3.63) is 23.8 Å². The van der Waals surface area contributed by atoms with Gasteiger partial charge in [-0.2, -0.15) is 0 Å². The van der Waals surface area contributed by atoms with Crippen LogP contribution in [0.25, 0.3) is 0 Å². The number of piperazine rings is 1. The van der Waals surface area contributed by atoms with E-state index >= 15 is 0 Å². The molecule has 0 atom stereocenters. The number of guanidine groups is 1. The third-order valence-corrected chi connectivity index (χ3v) is 4.55. The topological polar surface area (TPSA) is 77.4 Å². The van der Waals surface area contributed by atoms with Crippen LogP contribution >= 0.6 is 24.0 Å². The van der Waals surface area contributed by atoms with Crippen LogP contribution in [0.1, 0.15) is 33.3 Å². The average molecular weight is 490 g/mol. The molecule has 1 aromatic rings. The third kappa shape index (κ3) is 5.40. The summed E-state index contributed by atoms with van der Waals surface area (Å²) in [5, 5.41) is 13.2. The van der Waals surface area contributed by atoms with E-state index in [-0.39, 0.29) is 47.2 Å². The first-order valence-corrected chi connectivity index (χ1v) is 8.83. The molecule has 0 spiro atoms. The number of hydrogen-bond donors (Lipinski definition) is 2. The van der Waals surface area contributed by atoms with Crippen molar-refractivity contribution < 1.29 is 14.6 Å². The predicted octanol–water partition coefficient (Wildman–Crippen LogP) is 2.43. The highest BCUT2D eigenvalue weighted by atomic mass is 127. The van der Waals surface area contributed by atoms with Crippen molar-refractivity contribution in [1.82, 2.24) is 15.1 Å². The van der Waals surface area contributed by atoms with E-state index in [1.165, 1.54) is 7.11 Å². The zero-order chi connectivity index (χ0) is 19.5. The van der Waals surface area contributed by atoms with Gasteiger partial charge in [0.15, 0.2) is 17.5 Å². The molecule has 1 heterocycles. The van der Waals surface area contributed by atoms with Crippen molar-refractivity contribution >= 4 is 35.8 Å². The van der Waals surface area contributed by atoms with Crippen molar-refractivity contribution in [3.8, 4) is 11.5 Å². The Bertz CT molecular complexity index is 692. The SMILES string of the molecule is CN=C(NCc1ccc(OC)c(O)c1)N1CC(=O)N(C(C)C)C(C)(C)C1.I. The first-order chi connectivity index (χ1) is 12.2. The molecular formula is C19H31IN4O3. The number of halogens is 1. The zero-order valence-electron chi connectivity index (χ0n) is 16.9. The number of aromatic hydroxyl groups is 1. The Hall–Kier alpha value is -1.71. The highest BCUT2D eigenvalue weighted by molar-refractivity contribution is 14.0. The number of phenolic OH excluding ortho intramolecular Hbond substituents is 1. The molecule has 7 nitrogen and oxygen atoms in total.